The number of nitrogens with one attached hydrogen (secondary N) is 1. The van der Waals surface area contributed by atoms with Crippen LogP contribution in [0.3, 0.4) is 0 Å². The van der Waals surface area contributed by atoms with Crippen molar-refractivity contribution in [1.29, 1.82) is 0 Å². The molecule has 1 aromatic rings. The molecule has 1 aliphatic rings. The van der Waals surface area contributed by atoms with Gasteiger partial charge in [-0.05, 0) is 74.8 Å². The molecule has 1 aromatic carbocycles. The summed E-state index contributed by atoms with van der Waals surface area (Å²) in [6, 6.07) is 8.89. The van der Waals surface area contributed by atoms with Crippen LogP contribution in [-0.4, -0.2) is 30.7 Å². The number of piperidine rings is 1. The zero-order valence-electron chi connectivity index (χ0n) is 13.1. The summed E-state index contributed by atoms with van der Waals surface area (Å²) in [5.74, 6) is -0.204. The van der Waals surface area contributed by atoms with Gasteiger partial charge in [0.2, 0.25) is 0 Å². The fraction of sp³-hybridized carbons (Fsp3) is 0.588. The second kappa shape index (κ2) is 7.58. The van der Waals surface area contributed by atoms with Gasteiger partial charge in [0.15, 0.2) is 0 Å². The van der Waals surface area contributed by atoms with Crippen molar-refractivity contribution >= 4 is 28.6 Å². The topological polar surface area (TPSA) is 30.7 Å². The molecule has 21 heavy (non-hydrogen) atoms. The lowest BCUT2D eigenvalue weighted by Gasteiger charge is -2.37. The normalized spacial score (nSPS) is 24.6. The SMILES string of the molecule is C[C@H](C[NH+]1[C@H](C)CCC[C@H]1C)OC(=O)c1ccccc1I. The van der Waals surface area contributed by atoms with Crippen molar-refractivity contribution in [3.63, 3.8) is 0 Å². The van der Waals surface area contributed by atoms with E-state index in [2.05, 4.69) is 36.4 Å². The number of rotatable bonds is 4. The summed E-state index contributed by atoms with van der Waals surface area (Å²) in [5, 5.41) is 0. The van der Waals surface area contributed by atoms with Crippen molar-refractivity contribution < 1.29 is 14.4 Å². The van der Waals surface area contributed by atoms with E-state index in [4.69, 9.17) is 4.74 Å². The summed E-state index contributed by atoms with van der Waals surface area (Å²) >= 11 is 2.18. The van der Waals surface area contributed by atoms with Crippen LogP contribution in [0.1, 0.15) is 50.4 Å². The number of halogens is 1. The highest BCUT2D eigenvalue weighted by molar-refractivity contribution is 14.1. The highest BCUT2D eigenvalue weighted by Gasteiger charge is 2.30. The Labute approximate surface area is 141 Å². The van der Waals surface area contributed by atoms with E-state index in [0.717, 1.165) is 10.1 Å². The zero-order valence-corrected chi connectivity index (χ0v) is 15.2. The first-order valence-corrected chi connectivity index (χ1v) is 8.88. The Hall–Kier alpha value is -0.620. The second-order valence-corrected chi connectivity index (χ2v) is 7.37. The molecule has 0 radical (unpaired) electrons. The lowest BCUT2D eigenvalue weighted by molar-refractivity contribution is -0.953. The third kappa shape index (κ3) is 4.42. The first-order valence-electron chi connectivity index (χ1n) is 7.80. The van der Waals surface area contributed by atoms with Gasteiger partial charge in [-0.1, -0.05) is 12.1 Å². The van der Waals surface area contributed by atoms with Gasteiger partial charge in [-0.3, -0.25) is 0 Å². The molecule has 116 valence electrons. The molecule has 1 fully saturated rings. The van der Waals surface area contributed by atoms with Crippen LogP contribution in [0, 0.1) is 3.57 Å². The molecule has 3 nitrogen and oxygen atoms in total. The first-order chi connectivity index (χ1) is 9.99. The van der Waals surface area contributed by atoms with Crippen molar-refractivity contribution in [2.24, 2.45) is 0 Å². The Morgan fingerprint density at radius 1 is 1.33 bits per heavy atom. The molecule has 4 heteroatoms. The van der Waals surface area contributed by atoms with Crippen molar-refractivity contribution in [2.45, 2.75) is 58.2 Å². The summed E-state index contributed by atoms with van der Waals surface area (Å²) in [7, 11) is 0. The van der Waals surface area contributed by atoms with Crippen molar-refractivity contribution in [3.05, 3.63) is 33.4 Å². The minimum absolute atomic E-state index is 0.0495. The van der Waals surface area contributed by atoms with E-state index in [1.807, 2.05) is 31.2 Å². The molecule has 1 saturated heterocycles. The van der Waals surface area contributed by atoms with Gasteiger partial charge in [0, 0.05) is 3.57 Å². The lowest BCUT2D eigenvalue weighted by Crippen LogP contribution is -3.20. The Bertz CT molecular complexity index is 481. The Kier molecular flexibility index (Phi) is 6.05. The summed E-state index contributed by atoms with van der Waals surface area (Å²) in [6.07, 6.45) is 3.82. The van der Waals surface area contributed by atoms with Gasteiger partial charge in [0.05, 0.1) is 17.6 Å². The average molecular weight is 402 g/mol. The standard InChI is InChI=1S/C17H24INO2/c1-12-7-6-8-13(2)19(12)11-14(3)21-17(20)15-9-4-5-10-16(15)18/h4-5,9-10,12-14H,6-8,11H2,1-3H3/p+1/t12-,13-,14-/m1/s1. The molecule has 3 atom stereocenters. The van der Waals surface area contributed by atoms with E-state index in [1.54, 1.807) is 4.90 Å². The van der Waals surface area contributed by atoms with Crippen molar-refractivity contribution in [3.8, 4) is 0 Å². The molecular formula is C17H25INO2+. The number of ether oxygens (including phenoxy) is 1. The van der Waals surface area contributed by atoms with Crippen molar-refractivity contribution in [1.82, 2.24) is 0 Å². The highest BCUT2D eigenvalue weighted by Crippen LogP contribution is 2.13. The molecule has 1 aliphatic heterocycles. The molecule has 1 N–H and O–H groups in total. The fourth-order valence-corrected chi connectivity index (χ4v) is 3.84. The molecule has 0 bridgehead atoms. The quantitative estimate of drug-likeness (QED) is 0.620. The number of carbonyl (C=O) groups excluding carboxylic acids is 1. The van der Waals surface area contributed by atoms with Crippen LogP contribution in [0.4, 0.5) is 0 Å². The summed E-state index contributed by atoms with van der Waals surface area (Å²) in [5.41, 5.74) is 0.666. The van der Waals surface area contributed by atoms with Crippen LogP contribution in [0.5, 0.6) is 0 Å². The summed E-state index contributed by atoms with van der Waals surface area (Å²) in [6.45, 7) is 7.52. The maximum absolute atomic E-state index is 12.2. The summed E-state index contributed by atoms with van der Waals surface area (Å²) in [4.78, 5) is 13.8. The predicted molar refractivity (Wildman–Crippen MR) is 92.6 cm³/mol. The van der Waals surface area contributed by atoms with Gasteiger partial charge in [0.25, 0.3) is 0 Å². The number of likely N-dealkylation sites (tertiary alicyclic amines) is 1. The molecule has 0 unspecified atom stereocenters. The predicted octanol–water partition coefficient (Wildman–Crippen LogP) is 2.68. The zero-order chi connectivity index (χ0) is 15.4. The number of hydrogen-bond donors (Lipinski definition) is 1. The van der Waals surface area contributed by atoms with Crippen LogP contribution >= 0.6 is 22.6 Å². The van der Waals surface area contributed by atoms with Crippen molar-refractivity contribution in [2.75, 3.05) is 6.54 Å². The third-order valence-corrected chi connectivity index (χ3v) is 5.41. The molecule has 2 rings (SSSR count). The first kappa shape index (κ1) is 16.7. The van der Waals surface area contributed by atoms with Gasteiger partial charge in [-0.15, -0.1) is 0 Å². The monoisotopic (exact) mass is 402 g/mol. The van der Waals surface area contributed by atoms with E-state index in [1.165, 1.54) is 19.3 Å². The van der Waals surface area contributed by atoms with Gasteiger partial charge < -0.3 is 9.64 Å². The average Bonchev–Trinajstić information content (AvgIpc) is 2.43. The number of hydrogen-bond acceptors (Lipinski definition) is 2. The molecule has 0 aliphatic carbocycles. The molecule has 0 aromatic heterocycles. The molecule has 0 saturated carbocycles. The highest BCUT2D eigenvalue weighted by atomic mass is 127. The number of carbonyl (C=O) groups is 1. The van der Waals surface area contributed by atoms with Crippen LogP contribution in [0.2, 0.25) is 0 Å². The van der Waals surface area contributed by atoms with Gasteiger partial charge in [-0.2, -0.15) is 0 Å². The molecular weight excluding hydrogens is 377 g/mol. The minimum atomic E-state index is -0.204. The van der Waals surface area contributed by atoms with E-state index in [0.29, 0.717) is 17.6 Å². The van der Waals surface area contributed by atoms with Gasteiger partial charge in [-0.25, -0.2) is 4.79 Å². The largest absolute Gasteiger partial charge is 0.453 e. The van der Waals surface area contributed by atoms with Crippen LogP contribution in [0.25, 0.3) is 0 Å². The van der Waals surface area contributed by atoms with E-state index in [9.17, 15) is 4.79 Å². The van der Waals surface area contributed by atoms with Gasteiger partial charge >= 0.3 is 5.97 Å². The fourth-order valence-electron chi connectivity index (χ4n) is 3.24. The lowest BCUT2D eigenvalue weighted by atomic mass is 9.97. The minimum Gasteiger partial charge on any atom is -0.453 e. The maximum Gasteiger partial charge on any atom is 0.339 e. The van der Waals surface area contributed by atoms with E-state index < -0.39 is 0 Å². The third-order valence-electron chi connectivity index (χ3n) is 4.47. The van der Waals surface area contributed by atoms with Gasteiger partial charge in [0.1, 0.15) is 12.6 Å². The van der Waals surface area contributed by atoms with Crippen LogP contribution in [-0.2, 0) is 4.74 Å². The van der Waals surface area contributed by atoms with E-state index in [-0.39, 0.29) is 12.1 Å². The Morgan fingerprint density at radius 3 is 2.57 bits per heavy atom. The van der Waals surface area contributed by atoms with Crippen LogP contribution < -0.4 is 4.90 Å². The molecule has 0 spiro atoms. The smallest absolute Gasteiger partial charge is 0.339 e. The molecule has 0 amide bonds. The maximum atomic E-state index is 12.2. The van der Waals surface area contributed by atoms with Crippen LogP contribution in [0.15, 0.2) is 24.3 Å². The van der Waals surface area contributed by atoms with E-state index >= 15 is 0 Å². The number of benzene rings is 1. The molecule has 1 heterocycles. The number of quaternary nitrogens is 1. The second-order valence-electron chi connectivity index (χ2n) is 6.21. The Balaban J connectivity index is 1.93. The summed E-state index contributed by atoms with van der Waals surface area (Å²) < 4.78 is 6.60. The Morgan fingerprint density at radius 2 is 1.95 bits per heavy atom. The number of esters is 1.